The van der Waals surface area contributed by atoms with E-state index >= 15 is 0 Å². The lowest BCUT2D eigenvalue weighted by molar-refractivity contribution is -0.144. The van der Waals surface area contributed by atoms with Gasteiger partial charge in [-0.15, -0.1) is 0 Å². The topological polar surface area (TPSA) is 146 Å². The highest BCUT2D eigenvalue weighted by Crippen LogP contribution is 2.32. The van der Waals surface area contributed by atoms with Gasteiger partial charge in [0.15, 0.2) is 15.7 Å². The summed E-state index contributed by atoms with van der Waals surface area (Å²) in [6.45, 7) is -0.395. The molecule has 10 nitrogen and oxygen atoms in total. The van der Waals surface area contributed by atoms with Crippen LogP contribution in [0.2, 0.25) is 0 Å². The second-order valence-electron chi connectivity index (χ2n) is 8.15. The third-order valence-corrected chi connectivity index (χ3v) is 7.21. The predicted octanol–water partition coefficient (Wildman–Crippen LogP) is 3.40. The van der Waals surface area contributed by atoms with E-state index < -0.39 is 34.5 Å². The fourth-order valence-corrected chi connectivity index (χ4v) is 5.03. The molecule has 0 radical (unpaired) electrons. The lowest BCUT2D eigenvalue weighted by Gasteiger charge is -2.19. The Morgan fingerprint density at radius 2 is 2.05 bits per heavy atom. The number of nitrogens with zero attached hydrogens (tertiary/aromatic N) is 4. The minimum absolute atomic E-state index is 0.0342. The van der Waals surface area contributed by atoms with Crippen LogP contribution >= 0.6 is 0 Å². The summed E-state index contributed by atoms with van der Waals surface area (Å²) in [5.74, 6) is -1.59. The second-order valence-corrected chi connectivity index (χ2v) is 10.2. The van der Waals surface area contributed by atoms with Crippen molar-refractivity contribution in [3.63, 3.8) is 0 Å². The zero-order chi connectivity index (χ0) is 26.9. The zero-order valence-corrected chi connectivity index (χ0v) is 20.1. The maximum atomic E-state index is 13.1. The van der Waals surface area contributed by atoms with Crippen molar-refractivity contribution in [1.29, 1.82) is 0 Å². The highest BCUT2D eigenvalue weighted by molar-refractivity contribution is 7.91. The first-order valence-electron chi connectivity index (χ1n) is 11.1. The normalized spacial score (nSPS) is 16.2. The van der Waals surface area contributed by atoms with E-state index in [2.05, 4.69) is 42.1 Å². The molecule has 1 atom stereocenters. The molecule has 0 unspecified atom stereocenters. The largest absolute Gasteiger partial charge is 0.451 e. The van der Waals surface area contributed by atoms with Crippen LogP contribution in [0.15, 0.2) is 70.6 Å². The summed E-state index contributed by atoms with van der Waals surface area (Å²) in [4.78, 5) is 12.3. The molecule has 38 heavy (non-hydrogen) atoms. The molecule has 1 aliphatic carbocycles. The number of anilines is 3. The summed E-state index contributed by atoms with van der Waals surface area (Å²) < 4.78 is 63.8. The number of hydrogen-bond acceptors (Lipinski definition) is 9. The van der Waals surface area contributed by atoms with Crippen molar-refractivity contribution in [3.05, 3.63) is 77.1 Å². The van der Waals surface area contributed by atoms with Gasteiger partial charge in [0.2, 0.25) is 11.8 Å². The van der Waals surface area contributed by atoms with Crippen molar-refractivity contribution in [2.24, 2.45) is 0 Å². The molecule has 3 aromatic rings. The number of H-pyrrole nitrogens is 1. The first kappa shape index (κ1) is 25.2. The van der Waals surface area contributed by atoms with Gasteiger partial charge in [-0.05, 0) is 35.9 Å². The summed E-state index contributed by atoms with van der Waals surface area (Å²) in [5.41, 5.74) is 7.19. The van der Waals surface area contributed by atoms with Crippen molar-refractivity contribution in [2.45, 2.75) is 17.1 Å². The van der Waals surface area contributed by atoms with Crippen LogP contribution in [0.4, 0.5) is 30.6 Å². The van der Waals surface area contributed by atoms with E-state index in [1.165, 1.54) is 12.3 Å². The number of aromatic nitrogens is 5. The molecule has 194 valence electrons. The molecule has 14 heteroatoms. The first-order valence-corrected chi connectivity index (χ1v) is 12.7. The average Bonchev–Trinajstić information content (AvgIpc) is 3.39. The maximum absolute atomic E-state index is 13.1. The summed E-state index contributed by atoms with van der Waals surface area (Å²) in [5, 5.41) is 21.4. The lowest BCUT2D eigenvalue weighted by atomic mass is 10.1. The molecule has 2 aromatic heterocycles. The van der Waals surface area contributed by atoms with Gasteiger partial charge in [-0.3, -0.25) is 5.10 Å². The molecule has 3 heterocycles. The number of benzene rings is 1. The van der Waals surface area contributed by atoms with Crippen LogP contribution in [0.3, 0.4) is 0 Å². The molecule has 0 amide bonds. The van der Waals surface area contributed by atoms with Gasteiger partial charge in [0, 0.05) is 17.5 Å². The zero-order valence-electron chi connectivity index (χ0n) is 19.3. The van der Waals surface area contributed by atoms with Crippen LogP contribution < -0.4 is 10.6 Å². The van der Waals surface area contributed by atoms with Crippen LogP contribution in [0.5, 0.6) is 0 Å². The third kappa shape index (κ3) is 5.15. The second kappa shape index (κ2) is 9.77. The van der Waals surface area contributed by atoms with Crippen molar-refractivity contribution in [3.8, 4) is 11.4 Å². The minimum Gasteiger partial charge on any atom is -0.394 e. The predicted molar refractivity (Wildman–Crippen MR) is 132 cm³/mol. The van der Waals surface area contributed by atoms with E-state index in [4.69, 9.17) is 0 Å². The number of aliphatic hydroxyl groups excluding tert-OH is 1. The standard InChI is InChI=1S/C24H18F3N7O3S/c25-24(26,27)22-31-21(33-34-22)17-12-28-23(32-20(17)30-18(13-35)14-5-2-1-3-6-14)29-16-8-9-19-15(11-16)7-4-10-38(19,36)37/h1-2,4-5,7-9,11-12,18,35H,10,13H2,(H,31,33,34)(H2,28,29,30,32)/t18-/m1/s1. The average molecular weight is 542 g/mol. The number of fused-ring (bicyclic) bond motifs is 1. The molecule has 0 bridgehead atoms. The molecular weight excluding hydrogens is 523 g/mol. The van der Waals surface area contributed by atoms with E-state index in [-0.39, 0.29) is 33.8 Å². The Hall–Kier alpha value is -4.48. The number of rotatable bonds is 7. The summed E-state index contributed by atoms with van der Waals surface area (Å²) >= 11 is 0. The first-order chi connectivity index (χ1) is 18.1. The van der Waals surface area contributed by atoms with Gasteiger partial charge in [-0.25, -0.2) is 18.4 Å². The van der Waals surface area contributed by atoms with E-state index in [0.717, 1.165) is 0 Å². The van der Waals surface area contributed by atoms with Crippen LogP contribution in [0.25, 0.3) is 17.5 Å². The molecule has 1 aliphatic heterocycles. The molecule has 5 rings (SSSR count). The van der Waals surface area contributed by atoms with Gasteiger partial charge in [-0.2, -0.15) is 23.3 Å². The summed E-state index contributed by atoms with van der Waals surface area (Å²) in [7, 11) is -3.41. The fourth-order valence-electron chi connectivity index (χ4n) is 3.74. The quantitative estimate of drug-likeness (QED) is 0.331. The molecule has 0 saturated heterocycles. The molecule has 0 saturated carbocycles. The number of aromatic amines is 1. The van der Waals surface area contributed by atoms with Crippen molar-refractivity contribution in [2.75, 3.05) is 23.0 Å². The number of sulfone groups is 1. The van der Waals surface area contributed by atoms with Crippen molar-refractivity contribution < 1.29 is 26.7 Å². The van der Waals surface area contributed by atoms with Gasteiger partial charge < -0.3 is 15.7 Å². The Balaban J connectivity index is 1.52. The Kier molecular flexibility index (Phi) is 6.47. The molecule has 2 aliphatic rings. The fraction of sp³-hybridized carbons (Fsp3) is 0.167. The van der Waals surface area contributed by atoms with Crippen LogP contribution in [-0.2, 0) is 16.0 Å². The van der Waals surface area contributed by atoms with E-state index in [0.29, 0.717) is 16.8 Å². The van der Waals surface area contributed by atoms with Crippen molar-refractivity contribution in [1.82, 2.24) is 25.1 Å². The monoisotopic (exact) mass is 541 g/mol. The number of halogens is 3. The molecular formula is C24H18F3N7O3S. The highest BCUT2D eigenvalue weighted by Gasteiger charge is 2.36. The van der Waals surface area contributed by atoms with Gasteiger partial charge >= 0.3 is 6.18 Å². The van der Waals surface area contributed by atoms with Crippen LogP contribution in [0, 0.1) is 0 Å². The highest BCUT2D eigenvalue weighted by atomic mass is 32.2. The number of nitrogens with one attached hydrogen (secondary N) is 3. The van der Waals surface area contributed by atoms with Gasteiger partial charge in [-0.1, -0.05) is 29.7 Å². The third-order valence-electron chi connectivity index (χ3n) is 5.54. The Morgan fingerprint density at radius 3 is 2.76 bits per heavy atom. The Morgan fingerprint density at radius 1 is 1.21 bits per heavy atom. The maximum Gasteiger partial charge on any atom is 0.451 e. The lowest BCUT2D eigenvalue weighted by Crippen LogP contribution is -2.26. The van der Waals surface area contributed by atoms with Gasteiger partial charge in [0.05, 0.1) is 28.9 Å². The van der Waals surface area contributed by atoms with E-state index in [1.807, 2.05) is 5.10 Å². The molecule has 0 spiro atoms. The SMILES string of the molecule is O=S1(=O)CC=Cc2cc(Nc3ncc(-c4n[nH]c(C(F)(F)F)n4)c(N[C@H](CO)C4=C=C=CC=C4)n3)ccc21. The van der Waals surface area contributed by atoms with Gasteiger partial charge in [0.1, 0.15) is 5.82 Å². The Bertz CT molecular complexity index is 1680. The van der Waals surface area contributed by atoms with Crippen LogP contribution in [-0.4, -0.2) is 57.1 Å². The Labute approximate surface area is 214 Å². The number of aliphatic hydroxyl groups is 1. The van der Waals surface area contributed by atoms with E-state index in [9.17, 15) is 26.7 Å². The van der Waals surface area contributed by atoms with E-state index in [1.54, 1.807) is 42.5 Å². The smallest absolute Gasteiger partial charge is 0.394 e. The summed E-state index contributed by atoms with van der Waals surface area (Å²) in [6, 6.07) is 3.90. The number of allylic oxidation sites excluding steroid dienone is 2. The molecule has 4 N–H and O–H groups in total. The van der Waals surface area contributed by atoms with Crippen LogP contribution in [0.1, 0.15) is 11.4 Å². The minimum atomic E-state index is -4.74. The van der Waals surface area contributed by atoms with Gasteiger partial charge in [0.25, 0.3) is 0 Å². The van der Waals surface area contributed by atoms with Crippen molar-refractivity contribution >= 4 is 33.4 Å². The summed E-state index contributed by atoms with van der Waals surface area (Å²) in [6.07, 6.45) is 4.75. The molecule has 0 fully saturated rings. The number of alkyl halides is 3. The number of hydrogen-bond donors (Lipinski definition) is 4. The molecule has 1 aromatic carbocycles.